The molecule has 1 aromatic rings. The molecule has 1 fully saturated rings. The lowest BCUT2D eigenvalue weighted by atomic mass is 10.1. The van der Waals surface area contributed by atoms with E-state index in [9.17, 15) is 9.59 Å². The summed E-state index contributed by atoms with van der Waals surface area (Å²) >= 11 is 0. The van der Waals surface area contributed by atoms with Crippen molar-refractivity contribution in [2.24, 2.45) is 0 Å². The van der Waals surface area contributed by atoms with Crippen LogP contribution in [-0.4, -0.2) is 31.1 Å². The van der Waals surface area contributed by atoms with Crippen molar-refractivity contribution in [1.29, 1.82) is 0 Å². The Bertz CT molecular complexity index is 553. The number of carbonyl (C=O) groups is 2. The highest BCUT2D eigenvalue weighted by molar-refractivity contribution is 5.97. The number of hydrogen-bond donors (Lipinski definition) is 2. The molecule has 0 aliphatic carbocycles. The molecule has 2 heterocycles. The van der Waals surface area contributed by atoms with Gasteiger partial charge in [-0.25, -0.2) is 0 Å². The van der Waals surface area contributed by atoms with Crippen molar-refractivity contribution in [3.05, 3.63) is 18.2 Å². The van der Waals surface area contributed by atoms with Gasteiger partial charge in [0, 0.05) is 18.4 Å². The van der Waals surface area contributed by atoms with Gasteiger partial charge >= 0.3 is 0 Å². The van der Waals surface area contributed by atoms with Crippen molar-refractivity contribution in [3.63, 3.8) is 0 Å². The topological polar surface area (TPSA) is 76.7 Å². The summed E-state index contributed by atoms with van der Waals surface area (Å²) in [5.74, 6) is 0.330. The van der Waals surface area contributed by atoms with Gasteiger partial charge in [0.05, 0.1) is 18.2 Å². The maximum absolute atomic E-state index is 12.0. The highest BCUT2D eigenvalue weighted by atomic mass is 16.5. The monoisotopic (exact) mass is 290 g/mol. The van der Waals surface area contributed by atoms with Crippen LogP contribution in [0.25, 0.3) is 0 Å². The van der Waals surface area contributed by atoms with Crippen LogP contribution in [0.1, 0.15) is 25.7 Å². The van der Waals surface area contributed by atoms with E-state index in [2.05, 4.69) is 10.6 Å². The SMILES string of the molecule is O=C(CC1CCCCO1)Nc1ccc2c(c1)OCC(=O)N2. The molecule has 1 atom stereocenters. The molecule has 112 valence electrons. The molecule has 2 aliphatic heterocycles. The van der Waals surface area contributed by atoms with Crippen molar-refractivity contribution in [2.75, 3.05) is 23.8 Å². The third-order valence-corrected chi connectivity index (χ3v) is 3.59. The minimum Gasteiger partial charge on any atom is -0.482 e. The minimum absolute atomic E-state index is 0.000311. The highest BCUT2D eigenvalue weighted by Gasteiger charge is 2.19. The number of rotatable bonds is 3. The summed E-state index contributed by atoms with van der Waals surface area (Å²) in [6.45, 7) is 0.741. The van der Waals surface area contributed by atoms with Gasteiger partial charge in [-0.3, -0.25) is 9.59 Å². The van der Waals surface area contributed by atoms with E-state index in [1.807, 2.05) is 0 Å². The van der Waals surface area contributed by atoms with Crippen molar-refractivity contribution >= 4 is 23.2 Å². The second-order valence-corrected chi connectivity index (χ2v) is 5.29. The van der Waals surface area contributed by atoms with Gasteiger partial charge in [-0.1, -0.05) is 0 Å². The molecular weight excluding hydrogens is 272 g/mol. The van der Waals surface area contributed by atoms with Crippen LogP contribution in [0.2, 0.25) is 0 Å². The van der Waals surface area contributed by atoms with Crippen LogP contribution in [0.15, 0.2) is 18.2 Å². The Morgan fingerprint density at radius 3 is 3.10 bits per heavy atom. The molecule has 6 nitrogen and oxygen atoms in total. The first-order valence-corrected chi connectivity index (χ1v) is 7.19. The molecular formula is C15H18N2O4. The molecule has 0 aromatic heterocycles. The van der Waals surface area contributed by atoms with E-state index in [-0.39, 0.29) is 24.5 Å². The first kappa shape index (κ1) is 13.9. The molecule has 2 aliphatic rings. The molecule has 0 spiro atoms. The van der Waals surface area contributed by atoms with E-state index >= 15 is 0 Å². The van der Waals surface area contributed by atoms with Gasteiger partial charge in [0.1, 0.15) is 5.75 Å². The summed E-state index contributed by atoms with van der Waals surface area (Å²) in [6, 6.07) is 5.18. The van der Waals surface area contributed by atoms with Crippen LogP contribution in [-0.2, 0) is 14.3 Å². The fourth-order valence-electron chi connectivity index (χ4n) is 2.54. The molecule has 2 N–H and O–H groups in total. The average molecular weight is 290 g/mol. The Labute approximate surface area is 122 Å². The first-order chi connectivity index (χ1) is 10.2. The van der Waals surface area contributed by atoms with Crippen molar-refractivity contribution in [3.8, 4) is 5.75 Å². The van der Waals surface area contributed by atoms with Gasteiger partial charge in [0.2, 0.25) is 5.91 Å². The minimum atomic E-state index is -0.172. The lowest BCUT2D eigenvalue weighted by Gasteiger charge is -2.22. The number of carbonyl (C=O) groups excluding carboxylic acids is 2. The summed E-state index contributed by atoms with van der Waals surface area (Å²) in [5, 5.41) is 5.55. The molecule has 1 saturated heterocycles. The quantitative estimate of drug-likeness (QED) is 0.891. The average Bonchev–Trinajstić information content (AvgIpc) is 2.48. The first-order valence-electron chi connectivity index (χ1n) is 7.19. The number of benzene rings is 1. The van der Waals surface area contributed by atoms with E-state index in [4.69, 9.17) is 9.47 Å². The Hall–Kier alpha value is -2.08. The van der Waals surface area contributed by atoms with Gasteiger partial charge in [-0.15, -0.1) is 0 Å². The van der Waals surface area contributed by atoms with Gasteiger partial charge in [0.15, 0.2) is 6.61 Å². The van der Waals surface area contributed by atoms with E-state index in [1.54, 1.807) is 18.2 Å². The number of amides is 2. The Kier molecular flexibility index (Phi) is 4.06. The molecule has 0 bridgehead atoms. The predicted molar refractivity (Wildman–Crippen MR) is 77.4 cm³/mol. The second-order valence-electron chi connectivity index (χ2n) is 5.29. The fourth-order valence-corrected chi connectivity index (χ4v) is 2.54. The van der Waals surface area contributed by atoms with Crippen molar-refractivity contribution in [2.45, 2.75) is 31.8 Å². The Morgan fingerprint density at radius 1 is 1.38 bits per heavy atom. The largest absolute Gasteiger partial charge is 0.482 e. The van der Waals surface area contributed by atoms with E-state index in [1.165, 1.54) is 0 Å². The summed E-state index contributed by atoms with van der Waals surface area (Å²) in [5.41, 5.74) is 1.28. The molecule has 21 heavy (non-hydrogen) atoms. The molecule has 1 aromatic carbocycles. The lowest BCUT2D eigenvalue weighted by molar-refractivity contribution is -0.120. The van der Waals surface area contributed by atoms with E-state index in [0.717, 1.165) is 25.9 Å². The molecule has 3 rings (SSSR count). The van der Waals surface area contributed by atoms with Crippen LogP contribution in [0.4, 0.5) is 11.4 Å². The molecule has 1 unspecified atom stereocenters. The molecule has 2 amide bonds. The second kappa shape index (κ2) is 6.13. The van der Waals surface area contributed by atoms with Crippen LogP contribution >= 0.6 is 0 Å². The van der Waals surface area contributed by atoms with Crippen LogP contribution in [0, 0.1) is 0 Å². The van der Waals surface area contributed by atoms with Gasteiger partial charge < -0.3 is 20.1 Å². The van der Waals surface area contributed by atoms with E-state index in [0.29, 0.717) is 23.5 Å². The number of nitrogens with one attached hydrogen (secondary N) is 2. The van der Waals surface area contributed by atoms with Crippen LogP contribution in [0.3, 0.4) is 0 Å². The number of fused-ring (bicyclic) bond motifs is 1. The number of hydrogen-bond acceptors (Lipinski definition) is 4. The lowest BCUT2D eigenvalue weighted by Crippen LogP contribution is -2.26. The Balaban J connectivity index is 1.59. The van der Waals surface area contributed by atoms with Crippen molar-refractivity contribution < 1.29 is 19.1 Å². The van der Waals surface area contributed by atoms with E-state index < -0.39 is 0 Å². The van der Waals surface area contributed by atoms with Crippen LogP contribution < -0.4 is 15.4 Å². The van der Waals surface area contributed by atoms with Crippen molar-refractivity contribution in [1.82, 2.24) is 0 Å². The number of anilines is 2. The molecule has 0 saturated carbocycles. The maximum Gasteiger partial charge on any atom is 0.262 e. The smallest absolute Gasteiger partial charge is 0.262 e. The standard InChI is InChI=1S/C15H18N2O4/c18-14(8-11-3-1-2-6-20-11)16-10-4-5-12-13(7-10)21-9-15(19)17-12/h4-5,7,11H,1-3,6,8-9H2,(H,16,18)(H,17,19). The fraction of sp³-hybridized carbons (Fsp3) is 0.467. The normalized spacial score (nSPS) is 21.0. The Morgan fingerprint density at radius 2 is 2.29 bits per heavy atom. The maximum atomic E-state index is 12.0. The zero-order valence-corrected chi connectivity index (χ0v) is 11.7. The third kappa shape index (κ3) is 3.52. The summed E-state index contributed by atoms with van der Waals surface area (Å²) in [4.78, 5) is 23.2. The third-order valence-electron chi connectivity index (χ3n) is 3.59. The van der Waals surface area contributed by atoms with Gasteiger partial charge in [-0.05, 0) is 31.4 Å². The molecule has 6 heteroatoms. The predicted octanol–water partition coefficient (Wildman–Crippen LogP) is 1.92. The zero-order chi connectivity index (χ0) is 14.7. The summed E-state index contributed by atoms with van der Waals surface area (Å²) in [6.07, 6.45) is 3.52. The van der Waals surface area contributed by atoms with Gasteiger partial charge in [-0.2, -0.15) is 0 Å². The van der Waals surface area contributed by atoms with Gasteiger partial charge in [0.25, 0.3) is 5.91 Å². The highest BCUT2D eigenvalue weighted by Crippen LogP contribution is 2.30. The molecule has 0 radical (unpaired) electrons. The summed E-state index contributed by atoms with van der Waals surface area (Å²) in [7, 11) is 0. The van der Waals surface area contributed by atoms with Crippen LogP contribution in [0.5, 0.6) is 5.75 Å². The summed E-state index contributed by atoms with van der Waals surface area (Å²) < 4.78 is 10.9. The number of ether oxygens (including phenoxy) is 2. The zero-order valence-electron chi connectivity index (χ0n) is 11.7.